The highest BCUT2D eigenvalue weighted by molar-refractivity contribution is 9.10. The summed E-state index contributed by atoms with van der Waals surface area (Å²) >= 11 is 3.43. The van der Waals surface area contributed by atoms with Gasteiger partial charge in [0.15, 0.2) is 0 Å². The van der Waals surface area contributed by atoms with Crippen molar-refractivity contribution in [1.29, 1.82) is 0 Å². The highest BCUT2D eigenvalue weighted by Crippen LogP contribution is 2.26. The van der Waals surface area contributed by atoms with E-state index in [2.05, 4.69) is 56.6 Å². The summed E-state index contributed by atoms with van der Waals surface area (Å²) in [5.41, 5.74) is 5.56. The van der Waals surface area contributed by atoms with Crippen molar-refractivity contribution in [2.75, 3.05) is 7.05 Å². The molecule has 0 aliphatic heterocycles. The van der Waals surface area contributed by atoms with E-state index < -0.39 is 0 Å². The second-order valence-electron chi connectivity index (χ2n) is 5.39. The van der Waals surface area contributed by atoms with E-state index in [4.69, 9.17) is 0 Å². The van der Waals surface area contributed by atoms with Crippen LogP contribution in [0.1, 0.15) is 34.8 Å². The number of pyridine rings is 1. The molecule has 1 aliphatic carbocycles. The smallest absolute Gasteiger partial charge is 0.0423 e. The second kappa shape index (κ2) is 6.06. The lowest BCUT2D eigenvalue weighted by molar-refractivity contribution is 0.584. The number of aryl methyl sites for hydroxylation is 2. The lowest BCUT2D eigenvalue weighted by Gasteiger charge is -2.17. The third kappa shape index (κ3) is 2.94. The van der Waals surface area contributed by atoms with E-state index in [1.165, 1.54) is 36.0 Å². The summed E-state index contributed by atoms with van der Waals surface area (Å²) in [7, 11) is 2.02. The van der Waals surface area contributed by atoms with Gasteiger partial charge in [0.2, 0.25) is 0 Å². The van der Waals surface area contributed by atoms with Crippen LogP contribution in [-0.4, -0.2) is 12.0 Å². The minimum Gasteiger partial charge on any atom is -0.313 e. The van der Waals surface area contributed by atoms with Gasteiger partial charge in [0.1, 0.15) is 0 Å². The van der Waals surface area contributed by atoms with Crippen LogP contribution in [0.25, 0.3) is 0 Å². The number of nitrogens with zero attached hydrogens (tertiary/aromatic N) is 1. The number of benzene rings is 1. The fraction of sp³-hybridized carbons (Fsp3) is 0.353. The van der Waals surface area contributed by atoms with Crippen LogP contribution in [0.3, 0.4) is 0 Å². The van der Waals surface area contributed by atoms with Crippen LogP contribution < -0.4 is 5.32 Å². The molecule has 1 aromatic heterocycles. The molecule has 1 aliphatic rings. The Morgan fingerprint density at radius 2 is 2.05 bits per heavy atom. The number of hydrogen-bond acceptors (Lipinski definition) is 2. The zero-order valence-corrected chi connectivity index (χ0v) is 13.3. The number of aromatic nitrogens is 1. The highest BCUT2D eigenvalue weighted by atomic mass is 79.9. The number of likely N-dealkylation sites (N-methyl/N-ethyl adjacent to an activating group) is 1. The third-order valence-electron chi connectivity index (χ3n) is 4.08. The molecule has 0 bridgehead atoms. The largest absolute Gasteiger partial charge is 0.313 e. The summed E-state index contributed by atoms with van der Waals surface area (Å²) in [6.45, 7) is 0. The van der Waals surface area contributed by atoms with Gasteiger partial charge < -0.3 is 5.32 Å². The van der Waals surface area contributed by atoms with Gasteiger partial charge in [-0.15, -0.1) is 0 Å². The molecule has 1 aromatic carbocycles. The Bertz CT molecular complexity index is 592. The average molecular weight is 331 g/mol. The van der Waals surface area contributed by atoms with Crippen LogP contribution in [0.4, 0.5) is 0 Å². The molecule has 0 fully saturated rings. The van der Waals surface area contributed by atoms with Crippen LogP contribution in [0.5, 0.6) is 0 Å². The molecule has 1 unspecified atom stereocenters. The molecule has 0 saturated carbocycles. The van der Waals surface area contributed by atoms with Crippen molar-refractivity contribution < 1.29 is 0 Å². The van der Waals surface area contributed by atoms with Crippen molar-refractivity contribution in [3.63, 3.8) is 0 Å². The van der Waals surface area contributed by atoms with Crippen LogP contribution in [0.2, 0.25) is 0 Å². The van der Waals surface area contributed by atoms with Crippen molar-refractivity contribution in [3.8, 4) is 0 Å². The Kier molecular flexibility index (Phi) is 4.18. The first-order valence-corrected chi connectivity index (χ1v) is 7.95. The minimum absolute atomic E-state index is 0.328. The van der Waals surface area contributed by atoms with Crippen molar-refractivity contribution in [1.82, 2.24) is 10.3 Å². The fourth-order valence-electron chi connectivity index (χ4n) is 2.93. The van der Waals surface area contributed by atoms with Gasteiger partial charge in [0.05, 0.1) is 0 Å². The third-order valence-corrected chi connectivity index (χ3v) is 4.54. The number of rotatable bonds is 4. The van der Waals surface area contributed by atoms with Crippen molar-refractivity contribution in [2.24, 2.45) is 0 Å². The van der Waals surface area contributed by atoms with Gasteiger partial charge >= 0.3 is 0 Å². The topological polar surface area (TPSA) is 24.9 Å². The normalized spacial score (nSPS) is 15.1. The van der Waals surface area contributed by atoms with E-state index in [0.717, 1.165) is 16.6 Å². The lowest BCUT2D eigenvalue weighted by atomic mass is 9.98. The Morgan fingerprint density at radius 1 is 1.20 bits per heavy atom. The summed E-state index contributed by atoms with van der Waals surface area (Å²) in [6, 6.07) is 11.4. The highest BCUT2D eigenvalue weighted by Gasteiger charge is 2.15. The van der Waals surface area contributed by atoms with E-state index in [-0.39, 0.29) is 0 Å². The van der Waals surface area contributed by atoms with Gasteiger partial charge in [-0.3, -0.25) is 4.98 Å². The Hall–Kier alpha value is -1.19. The predicted octanol–water partition coefficient (Wildman–Crippen LogP) is 3.84. The molecule has 0 amide bonds. The minimum atomic E-state index is 0.328. The molecule has 0 saturated heterocycles. The molecular formula is C17H19BrN2. The fourth-order valence-corrected chi connectivity index (χ4v) is 3.17. The maximum atomic E-state index is 4.48. The summed E-state index contributed by atoms with van der Waals surface area (Å²) in [5.74, 6) is 0. The van der Waals surface area contributed by atoms with Crippen molar-refractivity contribution in [2.45, 2.75) is 31.7 Å². The van der Waals surface area contributed by atoms with Gasteiger partial charge in [-0.05, 0) is 71.1 Å². The van der Waals surface area contributed by atoms with E-state index in [1.54, 1.807) is 0 Å². The Morgan fingerprint density at radius 3 is 2.80 bits per heavy atom. The molecule has 20 heavy (non-hydrogen) atoms. The molecule has 2 aromatic rings. The van der Waals surface area contributed by atoms with Crippen LogP contribution in [0, 0.1) is 0 Å². The molecule has 3 rings (SSSR count). The molecule has 1 heterocycles. The maximum Gasteiger partial charge on any atom is 0.0423 e. The zero-order valence-electron chi connectivity index (χ0n) is 11.7. The van der Waals surface area contributed by atoms with Crippen LogP contribution >= 0.6 is 15.9 Å². The number of nitrogens with one attached hydrogen (secondary N) is 1. The summed E-state index contributed by atoms with van der Waals surface area (Å²) < 4.78 is 1.03. The van der Waals surface area contributed by atoms with E-state index >= 15 is 0 Å². The second-order valence-corrected chi connectivity index (χ2v) is 6.31. The SMILES string of the molecule is CNC(Cc1ccc(Br)cn1)c1ccc2c(c1)CCC2. The monoisotopic (exact) mass is 330 g/mol. The predicted molar refractivity (Wildman–Crippen MR) is 85.9 cm³/mol. The number of fused-ring (bicyclic) bond motifs is 1. The van der Waals surface area contributed by atoms with Gasteiger partial charge in [-0.25, -0.2) is 0 Å². The number of hydrogen-bond donors (Lipinski definition) is 1. The summed E-state index contributed by atoms with van der Waals surface area (Å²) in [4.78, 5) is 4.48. The van der Waals surface area contributed by atoms with Gasteiger partial charge in [-0.1, -0.05) is 18.2 Å². The zero-order chi connectivity index (χ0) is 13.9. The Balaban J connectivity index is 1.81. The first-order valence-electron chi connectivity index (χ1n) is 7.15. The van der Waals surface area contributed by atoms with Gasteiger partial charge in [-0.2, -0.15) is 0 Å². The van der Waals surface area contributed by atoms with Crippen LogP contribution in [0.15, 0.2) is 41.0 Å². The summed E-state index contributed by atoms with van der Waals surface area (Å²) in [6.07, 6.45) is 6.56. The first-order chi connectivity index (χ1) is 9.76. The van der Waals surface area contributed by atoms with Crippen LogP contribution in [-0.2, 0) is 19.3 Å². The molecule has 1 N–H and O–H groups in total. The average Bonchev–Trinajstić information content (AvgIpc) is 2.94. The standard InChI is InChI=1S/C17H19BrN2/c1-19-17(10-16-8-7-15(18)11-20-16)14-6-5-12-3-2-4-13(12)9-14/h5-9,11,17,19H,2-4,10H2,1H3. The van der Waals surface area contributed by atoms with E-state index in [0.29, 0.717) is 6.04 Å². The Labute approximate surface area is 128 Å². The molecule has 2 nitrogen and oxygen atoms in total. The number of halogens is 1. The molecule has 0 radical (unpaired) electrons. The lowest BCUT2D eigenvalue weighted by Crippen LogP contribution is -2.19. The maximum absolute atomic E-state index is 4.48. The molecule has 104 valence electrons. The molecular weight excluding hydrogens is 312 g/mol. The van der Waals surface area contributed by atoms with E-state index in [9.17, 15) is 0 Å². The molecule has 0 spiro atoms. The first kappa shape index (κ1) is 13.8. The van der Waals surface area contributed by atoms with E-state index in [1.807, 2.05) is 13.2 Å². The quantitative estimate of drug-likeness (QED) is 0.921. The van der Waals surface area contributed by atoms with Gasteiger partial charge in [0.25, 0.3) is 0 Å². The van der Waals surface area contributed by atoms with Crippen molar-refractivity contribution >= 4 is 15.9 Å². The van der Waals surface area contributed by atoms with Crippen molar-refractivity contribution in [3.05, 3.63) is 63.4 Å². The van der Waals surface area contributed by atoms with Gasteiger partial charge in [0, 0.05) is 28.8 Å². The molecule has 1 atom stereocenters. The molecule has 3 heteroatoms. The summed E-state index contributed by atoms with van der Waals surface area (Å²) in [5, 5.41) is 3.42.